The lowest BCUT2D eigenvalue weighted by Gasteiger charge is -2.14. The van der Waals surface area contributed by atoms with E-state index in [0.717, 1.165) is 18.6 Å². The zero-order valence-electron chi connectivity index (χ0n) is 9.94. The van der Waals surface area contributed by atoms with Gasteiger partial charge in [-0.3, -0.25) is 9.48 Å². The van der Waals surface area contributed by atoms with E-state index in [9.17, 15) is 4.79 Å². The number of nitrogens with one attached hydrogen (secondary N) is 1. The molecule has 2 rings (SSSR count). The van der Waals surface area contributed by atoms with Crippen LogP contribution in [0.1, 0.15) is 11.3 Å². The SMILES string of the molecule is COCC(=O)NCCn1ncc2c1CCOC2. The molecule has 17 heavy (non-hydrogen) atoms. The summed E-state index contributed by atoms with van der Waals surface area (Å²) in [6.07, 6.45) is 2.73. The normalized spacial score (nSPS) is 14.4. The minimum absolute atomic E-state index is 0.100. The number of rotatable bonds is 5. The Labute approximate surface area is 99.9 Å². The number of nitrogens with zero attached hydrogens (tertiary/aromatic N) is 2. The van der Waals surface area contributed by atoms with E-state index in [2.05, 4.69) is 10.4 Å². The van der Waals surface area contributed by atoms with Crippen molar-refractivity contribution in [1.29, 1.82) is 0 Å². The highest BCUT2D eigenvalue weighted by Gasteiger charge is 2.14. The van der Waals surface area contributed by atoms with Crippen molar-refractivity contribution in [3.63, 3.8) is 0 Å². The summed E-state index contributed by atoms with van der Waals surface area (Å²) < 4.78 is 12.0. The summed E-state index contributed by atoms with van der Waals surface area (Å²) in [6.45, 7) is 2.74. The van der Waals surface area contributed by atoms with Crippen LogP contribution in [-0.4, -0.2) is 42.6 Å². The third-order valence-corrected chi connectivity index (χ3v) is 2.70. The molecule has 0 radical (unpaired) electrons. The van der Waals surface area contributed by atoms with Gasteiger partial charge in [0, 0.05) is 31.3 Å². The fourth-order valence-corrected chi connectivity index (χ4v) is 1.89. The predicted molar refractivity (Wildman–Crippen MR) is 60.5 cm³/mol. The second kappa shape index (κ2) is 5.79. The van der Waals surface area contributed by atoms with Gasteiger partial charge in [-0.15, -0.1) is 0 Å². The molecule has 94 valence electrons. The first-order valence-electron chi connectivity index (χ1n) is 5.68. The molecule has 0 saturated heterocycles. The van der Waals surface area contributed by atoms with Gasteiger partial charge in [0.25, 0.3) is 0 Å². The molecule has 1 aliphatic rings. The summed E-state index contributed by atoms with van der Waals surface area (Å²) in [4.78, 5) is 11.2. The highest BCUT2D eigenvalue weighted by molar-refractivity contribution is 5.77. The Bertz CT molecular complexity index is 389. The molecule has 0 unspecified atom stereocenters. The van der Waals surface area contributed by atoms with Crippen molar-refractivity contribution in [2.24, 2.45) is 0 Å². The average molecular weight is 239 g/mol. The third kappa shape index (κ3) is 3.04. The zero-order valence-corrected chi connectivity index (χ0v) is 9.94. The van der Waals surface area contributed by atoms with Crippen molar-refractivity contribution >= 4 is 5.91 Å². The molecule has 1 N–H and O–H groups in total. The van der Waals surface area contributed by atoms with Crippen molar-refractivity contribution in [3.8, 4) is 0 Å². The van der Waals surface area contributed by atoms with Crippen molar-refractivity contribution < 1.29 is 14.3 Å². The first kappa shape index (κ1) is 12.1. The molecular weight excluding hydrogens is 222 g/mol. The molecule has 2 heterocycles. The molecule has 0 atom stereocenters. The number of carbonyl (C=O) groups is 1. The summed E-state index contributed by atoms with van der Waals surface area (Å²) in [5, 5.41) is 7.07. The molecule has 0 bridgehead atoms. The van der Waals surface area contributed by atoms with E-state index >= 15 is 0 Å². The number of methoxy groups -OCH3 is 1. The summed E-state index contributed by atoms with van der Waals surface area (Å²) in [5.41, 5.74) is 2.37. The Balaban J connectivity index is 1.83. The fraction of sp³-hybridized carbons (Fsp3) is 0.636. The molecule has 0 aliphatic carbocycles. The van der Waals surface area contributed by atoms with Gasteiger partial charge in [-0.25, -0.2) is 0 Å². The number of fused-ring (bicyclic) bond motifs is 1. The van der Waals surface area contributed by atoms with Crippen LogP contribution in [-0.2, 0) is 33.8 Å². The highest BCUT2D eigenvalue weighted by atomic mass is 16.5. The molecular formula is C11H17N3O3. The van der Waals surface area contributed by atoms with E-state index in [1.807, 2.05) is 10.9 Å². The molecule has 0 spiro atoms. The van der Waals surface area contributed by atoms with Crippen molar-refractivity contribution in [3.05, 3.63) is 17.5 Å². The van der Waals surface area contributed by atoms with Crippen LogP contribution in [0.2, 0.25) is 0 Å². The van der Waals surface area contributed by atoms with Crippen LogP contribution in [0.5, 0.6) is 0 Å². The number of ether oxygens (including phenoxy) is 2. The molecule has 0 aromatic carbocycles. The van der Waals surface area contributed by atoms with E-state index in [1.165, 1.54) is 12.8 Å². The topological polar surface area (TPSA) is 65.4 Å². The number of aromatic nitrogens is 2. The first-order valence-corrected chi connectivity index (χ1v) is 5.68. The van der Waals surface area contributed by atoms with Gasteiger partial charge in [0.1, 0.15) is 6.61 Å². The number of carbonyl (C=O) groups excluding carboxylic acids is 1. The molecule has 0 fully saturated rings. The minimum atomic E-state index is -0.100. The summed E-state index contributed by atoms with van der Waals surface area (Å²) >= 11 is 0. The largest absolute Gasteiger partial charge is 0.376 e. The molecule has 1 aliphatic heterocycles. The van der Waals surface area contributed by atoms with Crippen LogP contribution < -0.4 is 5.32 Å². The summed E-state index contributed by atoms with van der Waals surface area (Å²) in [5.74, 6) is -0.100. The standard InChI is InChI=1S/C11H17N3O3/c1-16-8-11(15)12-3-4-14-10-2-5-17-7-9(10)6-13-14/h6H,2-5,7-8H2,1H3,(H,12,15). The fourth-order valence-electron chi connectivity index (χ4n) is 1.89. The Hall–Kier alpha value is -1.40. The number of hydrogen-bond acceptors (Lipinski definition) is 4. The monoisotopic (exact) mass is 239 g/mol. The van der Waals surface area contributed by atoms with E-state index in [-0.39, 0.29) is 12.5 Å². The lowest BCUT2D eigenvalue weighted by Crippen LogP contribution is -2.31. The maximum Gasteiger partial charge on any atom is 0.246 e. The lowest BCUT2D eigenvalue weighted by molar-refractivity contribution is -0.124. The van der Waals surface area contributed by atoms with Crippen LogP contribution in [0, 0.1) is 0 Å². The van der Waals surface area contributed by atoms with Crippen molar-refractivity contribution in [1.82, 2.24) is 15.1 Å². The Morgan fingerprint density at radius 1 is 1.71 bits per heavy atom. The van der Waals surface area contributed by atoms with Gasteiger partial charge >= 0.3 is 0 Å². The molecule has 6 nitrogen and oxygen atoms in total. The minimum Gasteiger partial charge on any atom is -0.376 e. The third-order valence-electron chi connectivity index (χ3n) is 2.70. The Morgan fingerprint density at radius 2 is 2.59 bits per heavy atom. The average Bonchev–Trinajstić information content (AvgIpc) is 2.73. The maximum absolute atomic E-state index is 11.2. The quantitative estimate of drug-likeness (QED) is 0.767. The van der Waals surface area contributed by atoms with Crippen LogP contribution in [0.15, 0.2) is 6.20 Å². The smallest absolute Gasteiger partial charge is 0.246 e. The van der Waals surface area contributed by atoms with Gasteiger partial charge in [0.15, 0.2) is 0 Å². The molecule has 1 amide bonds. The summed E-state index contributed by atoms with van der Waals surface area (Å²) in [6, 6.07) is 0. The molecule has 1 aromatic rings. The van der Waals surface area contributed by atoms with Gasteiger partial charge in [0.2, 0.25) is 5.91 Å². The van der Waals surface area contributed by atoms with E-state index in [4.69, 9.17) is 9.47 Å². The summed E-state index contributed by atoms with van der Waals surface area (Å²) in [7, 11) is 1.50. The van der Waals surface area contributed by atoms with E-state index in [1.54, 1.807) is 0 Å². The second-order valence-electron chi connectivity index (χ2n) is 3.93. The van der Waals surface area contributed by atoms with Crippen LogP contribution in [0.25, 0.3) is 0 Å². The van der Waals surface area contributed by atoms with Crippen LogP contribution in [0.4, 0.5) is 0 Å². The van der Waals surface area contributed by atoms with Gasteiger partial charge in [-0.05, 0) is 0 Å². The number of hydrogen-bond donors (Lipinski definition) is 1. The van der Waals surface area contributed by atoms with Crippen molar-refractivity contribution in [2.45, 2.75) is 19.6 Å². The van der Waals surface area contributed by atoms with Gasteiger partial charge < -0.3 is 14.8 Å². The molecule has 0 saturated carbocycles. The second-order valence-corrected chi connectivity index (χ2v) is 3.93. The maximum atomic E-state index is 11.2. The predicted octanol–water partition coefficient (Wildman–Crippen LogP) is -0.282. The lowest BCUT2D eigenvalue weighted by atomic mass is 10.2. The Morgan fingerprint density at radius 3 is 3.41 bits per heavy atom. The van der Waals surface area contributed by atoms with E-state index < -0.39 is 0 Å². The van der Waals surface area contributed by atoms with Crippen molar-refractivity contribution in [2.75, 3.05) is 26.9 Å². The zero-order chi connectivity index (χ0) is 12.1. The van der Waals surface area contributed by atoms with Gasteiger partial charge in [-0.2, -0.15) is 5.10 Å². The van der Waals surface area contributed by atoms with Gasteiger partial charge in [0.05, 0.1) is 26.0 Å². The van der Waals surface area contributed by atoms with Crippen LogP contribution >= 0.6 is 0 Å². The highest BCUT2D eigenvalue weighted by Crippen LogP contribution is 2.15. The van der Waals surface area contributed by atoms with E-state index in [0.29, 0.717) is 19.7 Å². The molecule has 1 aromatic heterocycles. The van der Waals surface area contributed by atoms with Crippen LogP contribution in [0.3, 0.4) is 0 Å². The Kier molecular flexibility index (Phi) is 4.11. The number of amides is 1. The van der Waals surface area contributed by atoms with Gasteiger partial charge in [-0.1, -0.05) is 0 Å². The molecule has 6 heteroatoms. The first-order chi connectivity index (χ1) is 8.31.